The highest BCUT2D eigenvalue weighted by Crippen LogP contribution is 2.30. The molecule has 3 aromatic heterocycles. The second-order valence-electron chi connectivity index (χ2n) is 8.84. The number of ether oxygens (including phenoxy) is 1. The molecule has 2 atom stereocenters. The van der Waals surface area contributed by atoms with Crippen LogP contribution >= 0.6 is 11.5 Å². The van der Waals surface area contributed by atoms with E-state index in [0.29, 0.717) is 35.5 Å². The summed E-state index contributed by atoms with van der Waals surface area (Å²) in [5.74, 6) is -0.215. The highest BCUT2D eigenvalue weighted by Gasteiger charge is 2.33. The molecular weight excluding hydrogens is 526 g/mol. The van der Waals surface area contributed by atoms with Crippen LogP contribution in [0, 0.1) is 6.92 Å². The molecule has 204 valence electrons. The van der Waals surface area contributed by atoms with E-state index in [1.54, 1.807) is 19.1 Å². The van der Waals surface area contributed by atoms with Gasteiger partial charge in [0.2, 0.25) is 5.88 Å². The van der Waals surface area contributed by atoms with Crippen molar-refractivity contribution >= 4 is 33.9 Å². The molecule has 0 aromatic carbocycles. The van der Waals surface area contributed by atoms with Crippen molar-refractivity contribution in [3.63, 3.8) is 0 Å². The van der Waals surface area contributed by atoms with E-state index in [1.807, 2.05) is 0 Å². The summed E-state index contributed by atoms with van der Waals surface area (Å²) in [6.07, 6.45) is -0.701. The van der Waals surface area contributed by atoms with Gasteiger partial charge in [0.25, 0.3) is 5.91 Å². The van der Waals surface area contributed by atoms with Gasteiger partial charge in [-0.1, -0.05) is 13.3 Å². The van der Waals surface area contributed by atoms with Crippen LogP contribution in [-0.4, -0.2) is 62.0 Å². The molecular formula is C24H27F4N7O2S. The number of carbonyl (C=O) groups is 1. The van der Waals surface area contributed by atoms with Crippen LogP contribution in [0.5, 0.6) is 5.88 Å². The van der Waals surface area contributed by atoms with Crippen molar-refractivity contribution in [3.05, 3.63) is 47.7 Å². The summed E-state index contributed by atoms with van der Waals surface area (Å²) in [7, 11) is 0. The Bertz CT molecular complexity index is 1220. The van der Waals surface area contributed by atoms with Crippen LogP contribution < -0.4 is 15.4 Å². The van der Waals surface area contributed by atoms with E-state index in [2.05, 4.69) is 41.8 Å². The third kappa shape index (κ3) is 6.92. The molecule has 2 N–H and O–H groups in total. The predicted molar refractivity (Wildman–Crippen MR) is 135 cm³/mol. The summed E-state index contributed by atoms with van der Waals surface area (Å²) >= 11 is 0.959. The number of aromatic nitrogens is 4. The summed E-state index contributed by atoms with van der Waals surface area (Å²) < 4.78 is 62.7. The molecule has 38 heavy (non-hydrogen) atoms. The lowest BCUT2D eigenvalue weighted by Gasteiger charge is -2.34. The molecule has 4 rings (SSSR count). The van der Waals surface area contributed by atoms with Gasteiger partial charge in [0.15, 0.2) is 5.69 Å². The number of aryl methyl sites for hydroxylation is 1. The fourth-order valence-corrected chi connectivity index (χ4v) is 4.72. The van der Waals surface area contributed by atoms with Crippen LogP contribution in [0.25, 0.3) is 0 Å². The van der Waals surface area contributed by atoms with Crippen molar-refractivity contribution < 1.29 is 27.1 Å². The minimum absolute atomic E-state index is 0.0289. The van der Waals surface area contributed by atoms with E-state index in [9.17, 15) is 22.4 Å². The molecule has 0 radical (unpaired) electrons. The van der Waals surface area contributed by atoms with Gasteiger partial charge in [0, 0.05) is 19.2 Å². The zero-order chi connectivity index (χ0) is 27.3. The molecule has 4 heterocycles. The quantitative estimate of drug-likeness (QED) is 0.347. The molecule has 0 aliphatic carbocycles. The molecule has 14 heteroatoms. The van der Waals surface area contributed by atoms with E-state index in [4.69, 9.17) is 4.74 Å². The standard InChI is InChI=1S/C24H27F4N7O2S/c1-3-4-8-35-9-7-17(16(25)13-35)37-20-6-5-15(10-31-20)32-22(36)21-14(2)34-38-23(21)33-19-12-29-18(11-30-19)24(26,27)28/h5-6,10-12,16-17H,3-4,7-9,13H2,1-2H3,(H,30,33)(H,32,36)/t16-,17+/m1/s1. The Kier molecular flexibility index (Phi) is 8.72. The fourth-order valence-electron chi connectivity index (χ4n) is 3.91. The molecule has 1 aliphatic heterocycles. The molecule has 3 aromatic rings. The predicted octanol–water partition coefficient (Wildman–Crippen LogP) is 5.24. The van der Waals surface area contributed by atoms with Crippen LogP contribution in [0.3, 0.4) is 0 Å². The Labute approximate surface area is 220 Å². The van der Waals surface area contributed by atoms with Gasteiger partial charge in [0.05, 0.1) is 35.5 Å². The van der Waals surface area contributed by atoms with Gasteiger partial charge in [0.1, 0.15) is 23.1 Å². The van der Waals surface area contributed by atoms with Crippen molar-refractivity contribution in [1.82, 2.24) is 24.2 Å². The van der Waals surface area contributed by atoms with Gasteiger partial charge in [-0.05, 0) is 43.9 Å². The topological polar surface area (TPSA) is 105 Å². The van der Waals surface area contributed by atoms with Gasteiger partial charge in [-0.25, -0.2) is 19.3 Å². The van der Waals surface area contributed by atoms with Crippen LogP contribution in [0.15, 0.2) is 30.7 Å². The molecule has 0 bridgehead atoms. The lowest BCUT2D eigenvalue weighted by molar-refractivity contribution is -0.141. The lowest BCUT2D eigenvalue weighted by atomic mass is 10.1. The molecule has 0 unspecified atom stereocenters. The van der Waals surface area contributed by atoms with E-state index in [0.717, 1.165) is 43.7 Å². The second kappa shape index (κ2) is 12.0. The molecule has 1 saturated heterocycles. The number of hydrogen-bond donors (Lipinski definition) is 2. The third-order valence-corrected chi connectivity index (χ3v) is 6.79. The van der Waals surface area contributed by atoms with Crippen LogP contribution in [-0.2, 0) is 6.18 Å². The van der Waals surface area contributed by atoms with Crippen molar-refractivity contribution in [2.75, 3.05) is 30.3 Å². The number of hydrogen-bond acceptors (Lipinski definition) is 9. The maximum Gasteiger partial charge on any atom is 0.434 e. The Hall–Kier alpha value is -3.39. The number of rotatable bonds is 9. The fraction of sp³-hybridized carbons (Fsp3) is 0.458. The Balaban J connectivity index is 1.35. The highest BCUT2D eigenvalue weighted by atomic mass is 32.1. The molecule has 1 amide bonds. The number of alkyl halides is 4. The smallest absolute Gasteiger partial charge is 0.434 e. The van der Waals surface area contributed by atoms with E-state index < -0.39 is 30.1 Å². The van der Waals surface area contributed by atoms with E-state index in [1.165, 1.54) is 6.20 Å². The zero-order valence-electron chi connectivity index (χ0n) is 20.8. The summed E-state index contributed by atoms with van der Waals surface area (Å²) in [5, 5.41) is 5.79. The number of pyridine rings is 1. The van der Waals surface area contributed by atoms with Crippen molar-refractivity contribution in [2.24, 2.45) is 0 Å². The number of nitrogens with one attached hydrogen (secondary N) is 2. The normalized spacial score (nSPS) is 18.3. The molecule has 1 aliphatic rings. The van der Waals surface area contributed by atoms with Gasteiger partial charge < -0.3 is 20.3 Å². The highest BCUT2D eigenvalue weighted by molar-refractivity contribution is 7.10. The second-order valence-corrected chi connectivity index (χ2v) is 9.61. The van der Waals surface area contributed by atoms with Gasteiger partial charge in [-0.3, -0.25) is 4.79 Å². The minimum atomic E-state index is -4.61. The van der Waals surface area contributed by atoms with E-state index in [-0.39, 0.29) is 17.3 Å². The number of piperidine rings is 1. The summed E-state index contributed by atoms with van der Waals surface area (Å²) in [5.41, 5.74) is -0.130. The minimum Gasteiger partial charge on any atom is -0.471 e. The first-order chi connectivity index (χ1) is 18.1. The maximum atomic E-state index is 14.6. The summed E-state index contributed by atoms with van der Waals surface area (Å²) in [6.45, 7) is 5.71. The monoisotopic (exact) mass is 553 g/mol. The maximum absolute atomic E-state index is 14.6. The number of unbranched alkanes of at least 4 members (excludes halogenated alkanes) is 1. The number of carbonyl (C=O) groups excluding carboxylic acids is 1. The molecule has 0 saturated carbocycles. The lowest BCUT2D eigenvalue weighted by Crippen LogP contribution is -2.47. The van der Waals surface area contributed by atoms with Crippen LogP contribution in [0.2, 0.25) is 0 Å². The number of likely N-dealkylation sites (tertiary alicyclic amines) is 1. The van der Waals surface area contributed by atoms with Crippen molar-refractivity contribution in [3.8, 4) is 5.88 Å². The largest absolute Gasteiger partial charge is 0.471 e. The molecule has 9 nitrogen and oxygen atoms in total. The van der Waals surface area contributed by atoms with Gasteiger partial charge >= 0.3 is 6.18 Å². The Morgan fingerprint density at radius 3 is 2.66 bits per heavy atom. The van der Waals surface area contributed by atoms with Crippen LogP contribution in [0.1, 0.15) is 47.9 Å². The summed E-state index contributed by atoms with van der Waals surface area (Å²) in [4.78, 5) is 26.3. The number of halogens is 4. The van der Waals surface area contributed by atoms with E-state index >= 15 is 0 Å². The average molecular weight is 554 g/mol. The first-order valence-electron chi connectivity index (χ1n) is 12.1. The molecule has 1 fully saturated rings. The van der Waals surface area contributed by atoms with Crippen molar-refractivity contribution in [2.45, 2.75) is 51.6 Å². The number of anilines is 3. The number of nitrogens with zero attached hydrogens (tertiary/aromatic N) is 5. The number of amides is 1. The first-order valence-corrected chi connectivity index (χ1v) is 12.8. The van der Waals surface area contributed by atoms with Crippen LogP contribution in [0.4, 0.5) is 34.1 Å². The van der Waals surface area contributed by atoms with Gasteiger partial charge in [-0.15, -0.1) is 0 Å². The first kappa shape index (κ1) is 27.6. The average Bonchev–Trinajstić information content (AvgIpc) is 3.25. The summed E-state index contributed by atoms with van der Waals surface area (Å²) in [6, 6.07) is 3.15. The zero-order valence-corrected chi connectivity index (χ0v) is 21.6. The Morgan fingerprint density at radius 2 is 2.03 bits per heavy atom. The van der Waals surface area contributed by atoms with Gasteiger partial charge in [-0.2, -0.15) is 17.5 Å². The molecule has 0 spiro atoms. The Morgan fingerprint density at radius 1 is 1.21 bits per heavy atom. The SMILES string of the molecule is CCCCN1CC[C@H](Oc2ccc(NC(=O)c3c(C)nsc3Nc3cnc(C(F)(F)F)cn3)cn2)[C@H](F)C1. The van der Waals surface area contributed by atoms with Crippen molar-refractivity contribution in [1.29, 1.82) is 0 Å². The third-order valence-electron chi connectivity index (χ3n) is 5.93.